The van der Waals surface area contributed by atoms with E-state index in [2.05, 4.69) is 4.98 Å². The maximum absolute atomic E-state index is 12.9. The van der Waals surface area contributed by atoms with Crippen molar-refractivity contribution in [2.45, 2.75) is 12.7 Å². The van der Waals surface area contributed by atoms with E-state index in [-0.39, 0.29) is 16.8 Å². The highest BCUT2D eigenvalue weighted by molar-refractivity contribution is 5.84. The number of para-hydroxylation sites is 1. The van der Waals surface area contributed by atoms with Gasteiger partial charge in [0.25, 0.3) is 0 Å². The van der Waals surface area contributed by atoms with Gasteiger partial charge in [0.2, 0.25) is 5.82 Å². The van der Waals surface area contributed by atoms with Crippen molar-refractivity contribution in [1.82, 2.24) is 9.55 Å². The molecule has 1 N–H and O–H groups in total. The summed E-state index contributed by atoms with van der Waals surface area (Å²) in [7, 11) is 1.29. The third kappa shape index (κ3) is 2.33. The number of fused-ring (bicyclic) bond motifs is 1. The normalized spacial score (nSPS) is 11.8. The van der Waals surface area contributed by atoms with E-state index in [0.29, 0.717) is 4.57 Å². The highest BCUT2D eigenvalue weighted by atomic mass is 19.4. The molecule has 0 saturated carbocycles. The summed E-state index contributed by atoms with van der Waals surface area (Å²) in [5.74, 6) is -2.51. The lowest BCUT2D eigenvalue weighted by Gasteiger charge is -2.10. The summed E-state index contributed by atoms with van der Waals surface area (Å²) >= 11 is 0. The van der Waals surface area contributed by atoms with Gasteiger partial charge in [0.05, 0.1) is 12.6 Å². The fourth-order valence-corrected chi connectivity index (χ4v) is 1.82. The van der Waals surface area contributed by atoms with Crippen LogP contribution in [-0.2, 0) is 17.5 Å². The summed E-state index contributed by atoms with van der Waals surface area (Å²) in [6.45, 7) is -0.842. The molecule has 102 valence electrons. The lowest BCUT2D eigenvalue weighted by Crippen LogP contribution is -2.18. The van der Waals surface area contributed by atoms with Gasteiger partial charge in [0.15, 0.2) is 0 Å². The molecular formula is C11H9F3N2O3. The number of nitrogens with zero attached hydrogens (tertiary/aromatic N) is 2. The number of rotatable bonds is 3. The van der Waals surface area contributed by atoms with Crippen molar-refractivity contribution >= 4 is 17.0 Å². The Kier molecular flexibility index (Phi) is 3.09. The van der Waals surface area contributed by atoms with E-state index in [1.165, 1.54) is 25.3 Å². The van der Waals surface area contributed by atoms with E-state index in [9.17, 15) is 18.0 Å². The number of carboxylic acids is 1. The Morgan fingerprint density at radius 1 is 1.47 bits per heavy atom. The van der Waals surface area contributed by atoms with Gasteiger partial charge in [0.1, 0.15) is 17.8 Å². The van der Waals surface area contributed by atoms with Gasteiger partial charge in [-0.2, -0.15) is 13.2 Å². The number of hydrogen-bond donors (Lipinski definition) is 1. The molecule has 0 fully saturated rings. The molecule has 0 bridgehead atoms. The topological polar surface area (TPSA) is 64.4 Å². The molecule has 0 aliphatic rings. The Hall–Kier alpha value is -2.25. The van der Waals surface area contributed by atoms with Crippen LogP contribution in [0.4, 0.5) is 13.2 Å². The van der Waals surface area contributed by atoms with Crippen LogP contribution in [0.15, 0.2) is 18.2 Å². The SMILES string of the molecule is COc1cccc2nc(C(F)(F)F)n(CC(=O)O)c12. The lowest BCUT2D eigenvalue weighted by atomic mass is 10.3. The van der Waals surface area contributed by atoms with Crippen LogP contribution in [0.3, 0.4) is 0 Å². The molecule has 0 unspecified atom stereocenters. The summed E-state index contributed by atoms with van der Waals surface area (Å²) in [4.78, 5) is 14.2. The number of imidazole rings is 1. The predicted molar refractivity (Wildman–Crippen MR) is 58.9 cm³/mol. The number of ether oxygens (including phenoxy) is 1. The van der Waals surface area contributed by atoms with E-state index >= 15 is 0 Å². The minimum absolute atomic E-state index is 0.0136. The van der Waals surface area contributed by atoms with Gasteiger partial charge < -0.3 is 14.4 Å². The highest BCUT2D eigenvalue weighted by Gasteiger charge is 2.38. The fourth-order valence-electron chi connectivity index (χ4n) is 1.82. The first-order chi connectivity index (χ1) is 8.84. The van der Waals surface area contributed by atoms with Gasteiger partial charge in [-0.15, -0.1) is 0 Å². The third-order valence-electron chi connectivity index (χ3n) is 2.50. The molecule has 0 saturated heterocycles. The van der Waals surface area contributed by atoms with Gasteiger partial charge in [-0.25, -0.2) is 4.98 Å². The zero-order valence-corrected chi connectivity index (χ0v) is 9.73. The monoisotopic (exact) mass is 274 g/mol. The van der Waals surface area contributed by atoms with E-state index < -0.39 is 24.5 Å². The van der Waals surface area contributed by atoms with Crippen LogP contribution in [0.5, 0.6) is 5.75 Å². The van der Waals surface area contributed by atoms with Gasteiger partial charge in [-0.1, -0.05) is 6.07 Å². The predicted octanol–water partition coefficient (Wildman–Crippen LogP) is 2.15. The first-order valence-corrected chi connectivity index (χ1v) is 5.17. The average Bonchev–Trinajstić information content (AvgIpc) is 2.67. The van der Waals surface area contributed by atoms with Crippen molar-refractivity contribution in [1.29, 1.82) is 0 Å². The van der Waals surface area contributed by atoms with E-state index in [4.69, 9.17) is 9.84 Å². The molecule has 2 rings (SSSR count). The molecule has 1 aromatic carbocycles. The number of methoxy groups -OCH3 is 1. The van der Waals surface area contributed by atoms with Crippen molar-refractivity contribution in [3.8, 4) is 5.75 Å². The van der Waals surface area contributed by atoms with Gasteiger partial charge >= 0.3 is 12.1 Å². The summed E-state index contributed by atoms with van der Waals surface area (Å²) in [5.41, 5.74) is 0.0488. The number of halogens is 3. The molecule has 1 aromatic heterocycles. The summed E-state index contributed by atoms with van der Waals surface area (Å²) in [5, 5.41) is 8.74. The van der Waals surface area contributed by atoms with Crippen molar-refractivity contribution in [2.75, 3.05) is 7.11 Å². The van der Waals surface area contributed by atoms with Crippen molar-refractivity contribution in [3.63, 3.8) is 0 Å². The molecule has 0 radical (unpaired) electrons. The van der Waals surface area contributed by atoms with Crippen LogP contribution in [0.25, 0.3) is 11.0 Å². The van der Waals surface area contributed by atoms with E-state index in [0.717, 1.165) is 0 Å². The molecule has 1 heterocycles. The number of carbonyl (C=O) groups is 1. The Morgan fingerprint density at radius 2 is 2.16 bits per heavy atom. The van der Waals surface area contributed by atoms with Gasteiger partial charge in [-0.05, 0) is 12.1 Å². The number of alkyl halides is 3. The minimum atomic E-state index is -4.74. The summed E-state index contributed by atoms with van der Waals surface area (Å²) in [6.07, 6.45) is -4.74. The first kappa shape index (κ1) is 13.2. The van der Waals surface area contributed by atoms with Crippen molar-refractivity contribution in [2.24, 2.45) is 0 Å². The van der Waals surface area contributed by atoms with Crippen LogP contribution in [-0.4, -0.2) is 27.7 Å². The summed E-state index contributed by atoms with van der Waals surface area (Å²) in [6, 6.07) is 4.30. The quantitative estimate of drug-likeness (QED) is 0.931. The third-order valence-corrected chi connectivity index (χ3v) is 2.50. The highest BCUT2D eigenvalue weighted by Crippen LogP contribution is 2.34. The largest absolute Gasteiger partial charge is 0.494 e. The van der Waals surface area contributed by atoms with Crippen molar-refractivity contribution < 1.29 is 27.8 Å². The second-order valence-electron chi connectivity index (χ2n) is 3.74. The maximum atomic E-state index is 12.9. The smallest absolute Gasteiger partial charge is 0.449 e. The van der Waals surface area contributed by atoms with Crippen LogP contribution in [0.2, 0.25) is 0 Å². The molecular weight excluding hydrogens is 265 g/mol. The second kappa shape index (κ2) is 4.45. The lowest BCUT2D eigenvalue weighted by molar-refractivity contribution is -0.148. The van der Waals surface area contributed by atoms with Crippen LogP contribution < -0.4 is 4.74 Å². The molecule has 0 amide bonds. The van der Waals surface area contributed by atoms with Crippen LogP contribution in [0.1, 0.15) is 5.82 Å². The number of benzene rings is 1. The Bertz CT molecular complexity index is 634. The van der Waals surface area contributed by atoms with Crippen molar-refractivity contribution in [3.05, 3.63) is 24.0 Å². The second-order valence-corrected chi connectivity index (χ2v) is 3.74. The Balaban J connectivity index is 2.79. The number of aromatic nitrogens is 2. The van der Waals surface area contributed by atoms with Gasteiger partial charge in [-0.3, -0.25) is 4.79 Å². The fraction of sp³-hybridized carbons (Fsp3) is 0.273. The molecule has 2 aromatic rings. The minimum Gasteiger partial charge on any atom is -0.494 e. The molecule has 0 atom stereocenters. The number of aliphatic carboxylic acids is 1. The maximum Gasteiger partial charge on any atom is 0.449 e. The molecule has 5 nitrogen and oxygen atoms in total. The van der Waals surface area contributed by atoms with E-state index in [1.807, 2.05) is 0 Å². The molecule has 0 aliphatic carbocycles. The first-order valence-electron chi connectivity index (χ1n) is 5.17. The van der Waals surface area contributed by atoms with Crippen LogP contribution in [0, 0.1) is 0 Å². The Morgan fingerprint density at radius 3 is 2.68 bits per heavy atom. The molecule has 0 spiro atoms. The zero-order chi connectivity index (χ0) is 14.2. The van der Waals surface area contributed by atoms with Gasteiger partial charge in [0, 0.05) is 0 Å². The van der Waals surface area contributed by atoms with E-state index in [1.54, 1.807) is 0 Å². The zero-order valence-electron chi connectivity index (χ0n) is 9.73. The summed E-state index contributed by atoms with van der Waals surface area (Å²) < 4.78 is 44.1. The Labute approximate surface area is 105 Å². The number of carboxylic acid groups (broad SMARTS) is 1. The standard InChI is InChI=1S/C11H9F3N2O3/c1-19-7-4-2-3-6-9(7)16(5-8(17)18)10(15-6)11(12,13)14/h2-4H,5H2,1H3,(H,17,18). The number of hydrogen-bond acceptors (Lipinski definition) is 3. The molecule has 19 heavy (non-hydrogen) atoms. The molecule has 8 heteroatoms. The molecule has 0 aliphatic heterocycles. The average molecular weight is 274 g/mol. The van der Waals surface area contributed by atoms with Crippen LogP contribution >= 0.6 is 0 Å².